The van der Waals surface area contributed by atoms with Crippen LogP contribution in [-0.2, 0) is 16.1 Å². The van der Waals surface area contributed by atoms with Crippen molar-refractivity contribution < 1.29 is 9.53 Å². The number of amides is 1. The molecule has 1 saturated heterocycles. The molecule has 0 saturated carbocycles. The molecule has 1 aromatic rings. The van der Waals surface area contributed by atoms with Crippen LogP contribution in [0, 0.1) is 5.92 Å². The Labute approximate surface area is 123 Å². The van der Waals surface area contributed by atoms with Gasteiger partial charge in [-0.25, -0.2) is 0 Å². The van der Waals surface area contributed by atoms with E-state index >= 15 is 0 Å². The van der Waals surface area contributed by atoms with E-state index in [9.17, 15) is 4.79 Å². The van der Waals surface area contributed by atoms with E-state index in [0.717, 1.165) is 25.0 Å². The summed E-state index contributed by atoms with van der Waals surface area (Å²) in [6.45, 7) is 1.99. The quantitative estimate of drug-likeness (QED) is 0.925. The molecule has 1 unspecified atom stereocenters. The molecule has 1 heterocycles. The fraction of sp³-hybridized carbons (Fsp3) is 0.500. The summed E-state index contributed by atoms with van der Waals surface area (Å²) in [5, 5.41) is 3.93. The normalized spacial score (nSPS) is 19.2. The molecule has 0 aromatic heterocycles. The third kappa shape index (κ3) is 4.68. The highest BCUT2D eigenvalue weighted by atomic mass is 35.5. The van der Waals surface area contributed by atoms with Gasteiger partial charge in [0.1, 0.15) is 0 Å². The number of ether oxygens (including phenoxy) is 1. The molecule has 2 rings (SSSR count). The van der Waals surface area contributed by atoms with Crippen LogP contribution in [0.25, 0.3) is 0 Å². The van der Waals surface area contributed by atoms with Crippen molar-refractivity contribution in [2.75, 3.05) is 13.2 Å². The average Bonchev–Trinajstić information content (AvgIpc) is 2.41. The Kier molecular flexibility index (Phi) is 5.49. The lowest BCUT2D eigenvalue weighted by atomic mass is 9.98. The second-order valence-electron chi connectivity index (χ2n) is 4.81. The number of benzene rings is 1. The molecule has 1 aliphatic heterocycles. The van der Waals surface area contributed by atoms with E-state index in [0.29, 0.717) is 35.5 Å². The van der Waals surface area contributed by atoms with E-state index in [1.54, 1.807) is 12.1 Å². The summed E-state index contributed by atoms with van der Waals surface area (Å²) >= 11 is 11.8. The molecule has 1 aromatic carbocycles. The van der Waals surface area contributed by atoms with Crippen molar-refractivity contribution >= 4 is 29.1 Å². The molecule has 1 N–H and O–H groups in total. The summed E-state index contributed by atoms with van der Waals surface area (Å²) in [5.41, 5.74) is 0.947. The Morgan fingerprint density at radius 1 is 1.37 bits per heavy atom. The minimum atomic E-state index is 0.0570. The molecule has 1 amide bonds. The number of hydrogen-bond acceptors (Lipinski definition) is 2. The van der Waals surface area contributed by atoms with Gasteiger partial charge in [-0.2, -0.15) is 0 Å². The van der Waals surface area contributed by atoms with E-state index in [-0.39, 0.29) is 5.91 Å². The molecule has 0 radical (unpaired) electrons. The fourth-order valence-corrected chi connectivity index (χ4v) is 2.47. The molecule has 0 bridgehead atoms. The van der Waals surface area contributed by atoms with Gasteiger partial charge >= 0.3 is 0 Å². The van der Waals surface area contributed by atoms with E-state index in [4.69, 9.17) is 27.9 Å². The lowest BCUT2D eigenvalue weighted by Crippen LogP contribution is -2.28. The molecule has 1 aliphatic rings. The molecular weight excluding hydrogens is 285 g/mol. The topological polar surface area (TPSA) is 38.3 Å². The van der Waals surface area contributed by atoms with Gasteiger partial charge in [-0.3, -0.25) is 4.79 Å². The van der Waals surface area contributed by atoms with Gasteiger partial charge in [0.2, 0.25) is 5.91 Å². The average molecular weight is 302 g/mol. The van der Waals surface area contributed by atoms with Gasteiger partial charge in [-0.1, -0.05) is 29.3 Å². The van der Waals surface area contributed by atoms with Crippen LogP contribution in [-0.4, -0.2) is 19.1 Å². The SMILES string of the molecule is O=C(CC1CCCOC1)NCc1ccc(Cl)c(Cl)c1. The summed E-state index contributed by atoms with van der Waals surface area (Å²) < 4.78 is 5.36. The zero-order valence-corrected chi connectivity index (χ0v) is 12.1. The lowest BCUT2D eigenvalue weighted by Gasteiger charge is -2.21. The standard InChI is InChI=1S/C14H17Cl2NO2/c15-12-4-3-10(6-13(12)16)8-17-14(18)7-11-2-1-5-19-9-11/h3-4,6,11H,1-2,5,7-9H2,(H,17,18). The first-order chi connectivity index (χ1) is 9.15. The zero-order valence-electron chi connectivity index (χ0n) is 10.6. The van der Waals surface area contributed by atoms with Crippen LogP contribution in [0.1, 0.15) is 24.8 Å². The van der Waals surface area contributed by atoms with E-state index in [1.165, 1.54) is 0 Å². The van der Waals surface area contributed by atoms with Crippen LogP contribution in [0.3, 0.4) is 0 Å². The third-order valence-corrected chi connectivity index (χ3v) is 3.94. The van der Waals surface area contributed by atoms with Gasteiger partial charge in [0.05, 0.1) is 10.0 Å². The molecule has 1 atom stereocenters. The Hall–Kier alpha value is -0.770. The Bertz CT molecular complexity index is 445. The van der Waals surface area contributed by atoms with Crippen molar-refractivity contribution in [3.05, 3.63) is 33.8 Å². The van der Waals surface area contributed by atoms with Crippen molar-refractivity contribution in [2.45, 2.75) is 25.8 Å². The van der Waals surface area contributed by atoms with Crippen LogP contribution >= 0.6 is 23.2 Å². The van der Waals surface area contributed by atoms with Crippen LogP contribution in [0.4, 0.5) is 0 Å². The van der Waals surface area contributed by atoms with Gasteiger partial charge < -0.3 is 10.1 Å². The molecule has 0 spiro atoms. The van der Waals surface area contributed by atoms with E-state index in [1.807, 2.05) is 6.07 Å². The maximum absolute atomic E-state index is 11.8. The minimum Gasteiger partial charge on any atom is -0.381 e. The second kappa shape index (κ2) is 7.13. The maximum Gasteiger partial charge on any atom is 0.220 e. The third-order valence-electron chi connectivity index (χ3n) is 3.20. The van der Waals surface area contributed by atoms with Crippen LogP contribution < -0.4 is 5.32 Å². The summed E-state index contributed by atoms with van der Waals surface area (Å²) in [7, 11) is 0. The zero-order chi connectivity index (χ0) is 13.7. The first kappa shape index (κ1) is 14.6. The predicted octanol–water partition coefficient (Wildman–Crippen LogP) is 3.43. The first-order valence-electron chi connectivity index (χ1n) is 6.43. The number of nitrogens with one attached hydrogen (secondary N) is 1. The molecule has 19 heavy (non-hydrogen) atoms. The van der Waals surface area contributed by atoms with Gasteiger partial charge in [0, 0.05) is 26.2 Å². The largest absolute Gasteiger partial charge is 0.381 e. The monoisotopic (exact) mass is 301 g/mol. The molecule has 104 valence electrons. The van der Waals surface area contributed by atoms with Crippen molar-refractivity contribution in [3.63, 3.8) is 0 Å². The van der Waals surface area contributed by atoms with E-state index in [2.05, 4.69) is 5.32 Å². The van der Waals surface area contributed by atoms with Crippen molar-refractivity contribution in [1.29, 1.82) is 0 Å². The first-order valence-corrected chi connectivity index (χ1v) is 7.19. The number of carbonyl (C=O) groups is 1. The van der Waals surface area contributed by atoms with Gasteiger partial charge in [0.15, 0.2) is 0 Å². The van der Waals surface area contributed by atoms with Crippen molar-refractivity contribution in [1.82, 2.24) is 5.32 Å². The highest BCUT2D eigenvalue weighted by Crippen LogP contribution is 2.22. The predicted molar refractivity (Wildman–Crippen MR) is 76.5 cm³/mol. The number of halogens is 2. The van der Waals surface area contributed by atoms with Crippen LogP contribution in [0.2, 0.25) is 10.0 Å². The Balaban J connectivity index is 1.77. The van der Waals surface area contributed by atoms with Crippen molar-refractivity contribution in [3.8, 4) is 0 Å². The second-order valence-corrected chi connectivity index (χ2v) is 5.63. The molecule has 3 nitrogen and oxygen atoms in total. The summed E-state index contributed by atoms with van der Waals surface area (Å²) in [4.78, 5) is 11.8. The maximum atomic E-state index is 11.8. The molecule has 0 aliphatic carbocycles. The minimum absolute atomic E-state index is 0.0570. The number of carbonyl (C=O) groups excluding carboxylic acids is 1. The number of rotatable bonds is 4. The van der Waals surface area contributed by atoms with Gasteiger partial charge in [-0.05, 0) is 36.5 Å². The van der Waals surface area contributed by atoms with Gasteiger partial charge in [0.25, 0.3) is 0 Å². The smallest absolute Gasteiger partial charge is 0.220 e. The highest BCUT2D eigenvalue weighted by Gasteiger charge is 2.17. The molecule has 1 fully saturated rings. The highest BCUT2D eigenvalue weighted by molar-refractivity contribution is 6.42. The summed E-state index contributed by atoms with van der Waals surface area (Å²) in [6, 6.07) is 5.37. The van der Waals surface area contributed by atoms with Crippen LogP contribution in [0.15, 0.2) is 18.2 Å². The summed E-state index contributed by atoms with van der Waals surface area (Å²) in [6.07, 6.45) is 2.65. The van der Waals surface area contributed by atoms with Crippen LogP contribution in [0.5, 0.6) is 0 Å². The van der Waals surface area contributed by atoms with E-state index < -0.39 is 0 Å². The molecular formula is C14H17Cl2NO2. The summed E-state index contributed by atoms with van der Waals surface area (Å²) in [5.74, 6) is 0.407. The molecule has 5 heteroatoms. The Morgan fingerprint density at radius 3 is 2.89 bits per heavy atom. The Morgan fingerprint density at radius 2 is 2.21 bits per heavy atom. The van der Waals surface area contributed by atoms with Crippen molar-refractivity contribution in [2.24, 2.45) is 5.92 Å². The fourth-order valence-electron chi connectivity index (χ4n) is 2.15. The lowest BCUT2D eigenvalue weighted by molar-refractivity contribution is -0.123. The van der Waals surface area contributed by atoms with Gasteiger partial charge in [-0.15, -0.1) is 0 Å². The number of hydrogen-bond donors (Lipinski definition) is 1.